The molecule has 1 amide bonds. The Morgan fingerprint density at radius 2 is 1.95 bits per heavy atom. The van der Waals surface area contributed by atoms with Crippen LogP contribution in [0.25, 0.3) is 11.4 Å². The molecule has 7 nitrogen and oxygen atoms in total. The predicted octanol–water partition coefficient (Wildman–Crippen LogP) is 5.30. The Bertz CT molecular complexity index is 1350. The first kappa shape index (κ1) is 25.6. The predicted molar refractivity (Wildman–Crippen MR) is 129 cm³/mol. The van der Waals surface area contributed by atoms with Gasteiger partial charge < -0.3 is 14.5 Å². The number of ether oxygens (including phenoxy) is 1. The maximum Gasteiger partial charge on any atom is 0.434 e. The molecule has 37 heavy (non-hydrogen) atoms. The van der Waals surface area contributed by atoms with Crippen molar-refractivity contribution in [3.05, 3.63) is 58.1 Å². The molecule has 1 saturated carbocycles. The lowest BCUT2D eigenvalue weighted by atomic mass is 10.1. The van der Waals surface area contributed by atoms with Crippen molar-refractivity contribution in [3.8, 4) is 17.1 Å². The Morgan fingerprint density at radius 3 is 2.57 bits per heavy atom. The quantitative estimate of drug-likeness (QED) is 0.398. The minimum atomic E-state index is -4.83. The topological polar surface area (TPSA) is 63.5 Å². The average molecular weight is 558 g/mol. The van der Waals surface area contributed by atoms with Crippen molar-refractivity contribution in [2.75, 3.05) is 31.6 Å². The number of alkyl halides is 3. The summed E-state index contributed by atoms with van der Waals surface area (Å²) < 4.78 is 62.2. The highest BCUT2D eigenvalue weighted by Gasteiger charge is 2.53. The third-order valence-electron chi connectivity index (χ3n) is 6.70. The zero-order chi connectivity index (χ0) is 26.5. The van der Waals surface area contributed by atoms with Crippen LogP contribution in [0.3, 0.4) is 0 Å². The second-order valence-electron chi connectivity index (χ2n) is 9.01. The highest BCUT2D eigenvalue weighted by Crippen LogP contribution is 2.46. The molecule has 196 valence electrons. The van der Waals surface area contributed by atoms with E-state index in [9.17, 15) is 22.4 Å². The Kier molecular flexibility index (Phi) is 6.47. The fourth-order valence-electron chi connectivity index (χ4n) is 4.77. The van der Waals surface area contributed by atoms with Crippen LogP contribution >= 0.6 is 23.2 Å². The van der Waals surface area contributed by atoms with Gasteiger partial charge in [-0.3, -0.25) is 9.78 Å². The van der Waals surface area contributed by atoms with Gasteiger partial charge in [-0.15, -0.1) is 0 Å². The van der Waals surface area contributed by atoms with E-state index in [4.69, 9.17) is 27.9 Å². The minimum absolute atomic E-state index is 0.141. The van der Waals surface area contributed by atoms with Crippen molar-refractivity contribution in [2.45, 2.75) is 31.1 Å². The standard InChI is InChI=1S/C24H21Cl2F4N5O2/c1-37-18-11-17(15(27)10-14(18)25)33-8-9-34(23(13-33)5-6-23)19(36)12-35-22(24(28,29)30)20(26)21(32-35)16-4-2-3-7-31-16/h2-4,7,10-11H,5-6,8-9,12-13H2,1H3. The smallest absolute Gasteiger partial charge is 0.434 e. The molecule has 0 bridgehead atoms. The second-order valence-corrected chi connectivity index (χ2v) is 9.80. The lowest BCUT2D eigenvalue weighted by molar-refractivity contribution is -0.146. The molecule has 0 unspecified atom stereocenters. The van der Waals surface area contributed by atoms with Crippen LogP contribution < -0.4 is 9.64 Å². The number of rotatable bonds is 5. The van der Waals surface area contributed by atoms with Crippen LogP contribution in [0.5, 0.6) is 5.75 Å². The van der Waals surface area contributed by atoms with Gasteiger partial charge in [-0.2, -0.15) is 18.3 Å². The number of methoxy groups -OCH3 is 1. The van der Waals surface area contributed by atoms with Crippen LogP contribution in [0.1, 0.15) is 18.5 Å². The fraction of sp³-hybridized carbons (Fsp3) is 0.375. The van der Waals surface area contributed by atoms with E-state index in [1.807, 2.05) is 0 Å². The number of aromatic nitrogens is 3. The SMILES string of the molecule is COc1cc(N2CCN(C(=O)Cn3nc(-c4ccccn4)c(Cl)c3C(F)(F)F)C3(CC3)C2)c(F)cc1Cl. The maximum absolute atomic E-state index is 14.7. The summed E-state index contributed by atoms with van der Waals surface area (Å²) in [4.78, 5) is 20.7. The van der Waals surface area contributed by atoms with Gasteiger partial charge in [0.2, 0.25) is 5.91 Å². The number of amides is 1. The molecule has 0 radical (unpaired) electrons. The van der Waals surface area contributed by atoms with Crippen molar-refractivity contribution >= 4 is 34.8 Å². The molecular formula is C24H21Cl2F4N5O2. The number of hydrogen-bond acceptors (Lipinski definition) is 5. The molecule has 1 aliphatic heterocycles. The summed E-state index contributed by atoms with van der Waals surface area (Å²) in [6, 6.07) is 7.39. The summed E-state index contributed by atoms with van der Waals surface area (Å²) >= 11 is 12.1. The average Bonchev–Trinajstić information content (AvgIpc) is 3.51. The van der Waals surface area contributed by atoms with Gasteiger partial charge in [0.05, 0.1) is 29.1 Å². The van der Waals surface area contributed by atoms with Crippen molar-refractivity contribution in [1.29, 1.82) is 0 Å². The van der Waals surface area contributed by atoms with Crippen LogP contribution in [0.15, 0.2) is 36.5 Å². The van der Waals surface area contributed by atoms with Crippen LogP contribution in [0.4, 0.5) is 23.2 Å². The first-order chi connectivity index (χ1) is 17.5. The van der Waals surface area contributed by atoms with Gasteiger partial charge in [0.1, 0.15) is 28.8 Å². The van der Waals surface area contributed by atoms with Crippen LogP contribution in [0, 0.1) is 5.82 Å². The molecule has 1 spiro atoms. The zero-order valence-electron chi connectivity index (χ0n) is 19.5. The number of pyridine rings is 1. The largest absolute Gasteiger partial charge is 0.495 e. The van der Waals surface area contributed by atoms with E-state index in [1.54, 1.807) is 21.9 Å². The van der Waals surface area contributed by atoms with Gasteiger partial charge in [-0.05, 0) is 31.0 Å². The van der Waals surface area contributed by atoms with E-state index in [0.29, 0.717) is 29.8 Å². The molecule has 2 aromatic heterocycles. The van der Waals surface area contributed by atoms with Crippen molar-refractivity contribution in [1.82, 2.24) is 19.7 Å². The molecule has 1 aliphatic carbocycles. The molecule has 2 aliphatic rings. The lowest BCUT2D eigenvalue weighted by Crippen LogP contribution is -2.58. The Balaban J connectivity index is 1.40. The number of anilines is 1. The van der Waals surface area contributed by atoms with Gasteiger partial charge in [-0.25, -0.2) is 9.07 Å². The van der Waals surface area contributed by atoms with Gasteiger partial charge in [0, 0.05) is 31.9 Å². The summed E-state index contributed by atoms with van der Waals surface area (Å²) in [5.41, 5.74) is -1.51. The summed E-state index contributed by atoms with van der Waals surface area (Å²) in [5, 5.41) is 3.55. The molecular weight excluding hydrogens is 537 g/mol. The number of benzene rings is 1. The number of halogens is 6. The molecule has 13 heteroatoms. The van der Waals surface area contributed by atoms with Gasteiger partial charge in [-0.1, -0.05) is 29.3 Å². The monoisotopic (exact) mass is 557 g/mol. The maximum atomic E-state index is 14.7. The molecule has 0 N–H and O–H groups in total. The van der Waals surface area contributed by atoms with E-state index < -0.39 is 40.7 Å². The molecule has 5 rings (SSSR count). The van der Waals surface area contributed by atoms with Gasteiger partial charge in [0.15, 0.2) is 5.69 Å². The molecule has 3 aromatic rings. The van der Waals surface area contributed by atoms with Crippen molar-refractivity contribution < 1.29 is 27.1 Å². The van der Waals surface area contributed by atoms with E-state index in [2.05, 4.69) is 10.1 Å². The number of nitrogens with zero attached hydrogens (tertiary/aromatic N) is 5. The van der Waals surface area contributed by atoms with Crippen molar-refractivity contribution in [3.63, 3.8) is 0 Å². The van der Waals surface area contributed by atoms with Crippen LogP contribution in [-0.4, -0.2) is 57.9 Å². The highest BCUT2D eigenvalue weighted by atomic mass is 35.5. The number of hydrogen-bond donors (Lipinski definition) is 0. The van der Waals surface area contributed by atoms with Crippen LogP contribution in [-0.2, 0) is 17.5 Å². The second kappa shape index (κ2) is 9.36. The third kappa shape index (κ3) is 4.70. The van der Waals surface area contributed by atoms with E-state index in [0.717, 1.165) is 0 Å². The summed E-state index contributed by atoms with van der Waals surface area (Å²) in [6.45, 7) is 0.158. The highest BCUT2D eigenvalue weighted by molar-refractivity contribution is 6.33. The van der Waals surface area contributed by atoms with E-state index in [-0.39, 0.29) is 35.2 Å². The first-order valence-corrected chi connectivity index (χ1v) is 12.1. The molecule has 1 aromatic carbocycles. The number of carbonyl (C=O) groups excluding carboxylic acids is 1. The third-order valence-corrected chi connectivity index (χ3v) is 7.35. The first-order valence-electron chi connectivity index (χ1n) is 11.4. The van der Waals surface area contributed by atoms with Crippen LogP contribution in [0.2, 0.25) is 10.0 Å². The van der Waals surface area contributed by atoms with E-state index in [1.165, 1.54) is 31.5 Å². The fourth-order valence-corrected chi connectivity index (χ4v) is 5.33. The lowest BCUT2D eigenvalue weighted by Gasteiger charge is -2.43. The molecule has 3 heterocycles. The van der Waals surface area contributed by atoms with Crippen molar-refractivity contribution in [2.24, 2.45) is 0 Å². The summed E-state index contributed by atoms with van der Waals surface area (Å²) in [7, 11) is 1.43. The zero-order valence-corrected chi connectivity index (χ0v) is 21.0. The Labute approximate surface area is 219 Å². The normalized spacial score (nSPS) is 16.8. The van der Waals surface area contributed by atoms with Gasteiger partial charge >= 0.3 is 6.18 Å². The number of carbonyl (C=O) groups is 1. The summed E-state index contributed by atoms with van der Waals surface area (Å²) in [6.07, 6.45) is -2.13. The summed E-state index contributed by atoms with van der Waals surface area (Å²) in [5.74, 6) is -0.728. The number of piperazine rings is 1. The van der Waals surface area contributed by atoms with E-state index >= 15 is 0 Å². The Morgan fingerprint density at radius 1 is 1.19 bits per heavy atom. The molecule has 1 saturated heterocycles. The van der Waals surface area contributed by atoms with Gasteiger partial charge in [0.25, 0.3) is 0 Å². The Hall–Kier alpha value is -3.05. The molecule has 0 atom stereocenters. The molecule has 2 fully saturated rings. The minimum Gasteiger partial charge on any atom is -0.495 e.